The summed E-state index contributed by atoms with van der Waals surface area (Å²) in [5.74, 6) is 0.152. The second-order valence-corrected chi connectivity index (χ2v) is 11.9. The molecule has 38 heavy (non-hydrogen) atoms. The number of aryl methyl sites for hydroxylation is 4. The molecule has 8 heteroatoms. The number of hydrogen-bond acceptors (Lipinski definition) is 6. The highest BCUT2D eigenvalue weighted by Crippen LogP contribution is 2.44. The fourth-order valence-corrected chi connectivity index (χ4v) is 6.55. The zero-order valence-electron chi connectivity index (χ0n) is 22.5. The van der Waals surface area contributed by atoms with Gasteiger partial charge in [-0.25, -0.2) is 4.68 Å². The molecule has 1 atom stereocenters. The molecular formula is C30H34N4O3S. The zero-order chi connectivity index (χ0) is 27.2. The summed E-state index contributed by atoms with van der Waals surface area (Å²) in [6.07, 6.45) is 1.04. The van der Waals surface area contributed by atoms with E-state index in [1.165, 1.54) is 10.5 Å². The SMILES string of the molecule is Cc1ccc(C(c2ccc3c(nnn3C)c2C)C(C)(C)C(=O)O)cc1CNCc1cc2c(cc1O)SCC2. The maximum absolute atomic E-state index is 12.5. The van der Waals surface area contributed by atoms with E-state index in [0.717, 1.165) is 56.6 Å². The Morgan fingerprint density at radius 1 is 1.13 bits per heavy atom. The number of phenols is 1. The maximum atomic E-state index is 12.5. The predicted octanol–water partition coefficient (Wildman–Crippen LogP) is 5.47. The summed E-state index contributed by atoms with van der Waals surface area (Å²) in [7, 11) is 1.86. The number of fused-ring (bicyclic) bond motifs is 2. The van der Waals surface area contributed by atoms with Crippen LogP contribution in [0.4, 0.5) is 0 Å². The molecule has 0 aliphatic carbocycles. The van der Waals surface area contributed by atoms with Crippen LogP contribution in [0.5, 0.6) is 5.75 Å². The summed E-state index contributed by atoms with van der Waals surface area (Å²) >= 11 is 1.79. The van der Waals surface area contributed by atoms with E-state index in [4.69, 9.17) is 0 Å². The van der Waals surface area contributed by atoms with Gasteiger partial charge in [-0.15, -0.1) is 16.9 Å². The van der Waals surface area contributed by atoms with Gasteiger partial charge in [-0.3, -0.25) is 4.79 Å². The lowest BCUT2D eigenvalue weighted by molar-refractivity contribution is -0.147. The summed E-state index contributed by atoms with van der Waals surface area (Å²) in [6.45, 7) is 8.79. The fourth-order valence-electron chi connectivity index (χ4n) is 5.47. The van der Waals surface area contributed by atoms with Crippen molar-refractivity contribution in [2.75, 3.05) is 5.75 Å². The molecule has 1 aliphatic heterocycles. The van der Waals surface area contributed by atoms with Gasteiger partial charge in [-0.05, 0) is 85.7 Å². The standard InChI is InChI=1S/C30H34N4O3S/c1-17-6-7-20(13-21(17)15-31-16-22-12-19-10-11-38-26(19)14-25(22)35)27(30(3,4)29(36)37)23-8-9-24-28(18(23)2)32-33-34(24)5/h6-9,12-14,27,31,35H,10-11,15-16H2,1-5H3,(H,36,37). The van der Waals surface area contributed by atoms with Crippen molar-refractivity contribution in [1.29, 1.82) is 0 Å². The molecule has 4 aromatic rings. The molecule has 0 amide bonds. The van der Waals surface area contributed by atoms with Gasteiger partial charge in [0.05, 0.1) is 10.9 Å². The Bertz CT molecular complexity index is 1540. The van der Waals surface area contributed by atoms with Gasteiger partial charge in [0.1, 0.15) is 11.3 Å². The Kier molecular flexibility index (Phi) is 6.96. The summed E-state index contributed by atoms with van der Waals surface area (Å²) in [5.41, 5.74) is 7.91. The van der Waals surface area contributed by atoms with Crippen molar-refractivity contribution < 1.29 is 15.0 Å². The van der Waals surface area contributed by atoms with Gasteiger partial charge in [0.2, 0.25) is 0 Å². The second-order valence-electron chi connectivity index (χ2n) is 10.8. The number of aliphatic carboxylic acids is 1. The van der Waals surface area contributed by atoms with Gasteiger partial charge in [-0.1, -0.05) is 29.5 Å². The first-order valence-electron chi connectivity index (χ1n) is 12.9. The number of rotatable bonds is 8. The van der Waals surface area contributed by atoms with Crippen molar-refractivity contribution in [2.45, 2.75) is 58.0 Å². The van der Waals surface area contributed by atoms with E-state index in [1.807, 2.05) is 38.2 Å². The Labute approximate surface area is 227 Å². The molecule has 0 spiro atoms. The monoisotopic (exact) mass is 530 g/mol. The third-order valence-corrected chi connectivity index (χ3v) is 8.99. The van der Waals surface area contributed by atoms with E-state index in [2.05, 4.69) is 40.8 Å². The van der Waals surface area contributed by atoms with Crippen LogP contribution >= 0.6 is 11.8 Å². The summed E-state index contributed by atoms with van der Waals surface area (Å²) < 4.78 is 1.73. The highest BCUT2D eigenvalue weighted by Gasteiger charge is 2.40. The summed E-state index contributed by atoms with van der Waals surface area (Å²) in [6, 6.07) is 14.2. The van der Waals surface area contributed by atoms with E-state index < -0.39 is 11.4 Å². The molecular weight excluding hydrogens is 496 g/mol. The Morgan fingerprint density at radius 3 is 2.66 bits per heavy atom. The lowest BCUT2D eigenvalue weighted by Gasteiger charge is -2.33. The van der Waals surface area contributed by atoms with Crippen LogP contribution in [0, 0.1) is 19.3 Å². The molecule has 1 aromatic heterocycles. The number of phenolic OH excluding ortho intramolecular Hbond substituents is 1. The lowest BCUT2D eigenvalue weighted by Crippen LogP contribution is -2.32. The molecule has 2 heterocycles. The number of aromatic nitrogens is 3. The third-order valence-electron chi connectivity index (χ3n) is 7.89. The first-order valence-corrected chi connectivity index (χ1v) is 13.9. The van der Waals surface area contributed by atoms with Crippen molar-refractivity contribution in [2.24, 2.45) is 12.5 Å². The molecule has 0 saturated carbocycles. The lowest BCUT2D eigenvalue weighted by atomic mass is 9.69. The number of aromatic hydroxyl groups is 1. The minimum absolute atomic E-state index is 0.328. The van der Waals surface area contributed by atoms with Gasteiger partial charge in [-0.2, -0.15) is 0 Å². The number of thioether (sulfide) groups is 1. The number of nitrogens with zero attached hydrogens (tertiary/aromatic N) is 3. The molecule has 1 aliphatic rings. The molecule has 0 radical (unpaired) electrons. The quantitative estimate of drug-likeness (QED) is 0.278. The average molecular weight is 531 g/mol. The number of carboxylic acids is 1. The number of carbonyl (C=O) groups is 1. The second kappa shape index (κ2) is 10.1. The van der Waals surface area contributed by atoms with Crippen LogP contribution in [0.1, 0.15) is 58.7 Å². The van der Waals surface area contributed by atoms with Crippen molar-refractivity contribution in [3.05, 3.63) is 81.4 Å². The van der Waals surface area contributed by atoms with Crippen molar-refractivity contribution in [3.63, 3.8) is 0 Å². The van der Waals surface area contributed by atoms with Crippen LogP contribution in [-0.2, 0) is 31.4 Å². The molecule has 0 fully saturated rings. The topological polar surface area (TPSA) is 100 Å². The number of hydrogen-bond donors (Lipinski definition) is 3. The van der Waals surface area contributed by atoms with Crippen LogP contribution in [0.2, 0.25) is 0 Å². The molecule has 3 aromatic carbocycles. The molecule has 1 unspecified atom stereocenters. The summed E-state index contributed by atoms with van der Waals surface area (Å²) in [4.78, 5) is 13.7. The fraction of sp³-hybridized carbons (Fsp3) is 0.367. The Balaban J connectivity index is 1.47. The van der Waals surface area contributed by atoms with Gasteiger partial charge >= 0.3 is 5.97 Å². The van der Waals surface area contributed by atoms with Crippen molar-refractivity contribution in [3.8, 4) is 5.75 Å². The minimum Gasteiger partial charge on any atom is -0.508 e. The molecule has 0 saturated heterocycles. The molecule has 0 bridgehead atoms. The smallest absolute Gasteiger partial charge is 0.310 e. The normalized spacial score (nSPS) is 14.1. The number of nitrogens with one attached hydrogen (secondary N) is 1. The van der Waals surface area contributed by atoms with E-state index in [9.17, 15) is 15.0 Å². The highest BCUT2D eigenvalue weighted by atomic mass is 32.2. The Hall–Kier alpha value is -3.36. The number of benzene rings is 3. The average Bonchev–Trinajstić information content (AvgIpc) is 3.48. The maximum Gasteiger partial charge on any atom is 0.310 e. The van der Waals surface area contributed by atoms with E-state index in [-0.39, 0.29) is 5.92 Å². The predicted molar refractivity (Wildman–Crippen MR) is 151 cm³/mol. The molecule has 3 N–H and O–H groups in total. The van der Waals surface area contributed by atoms with Crippen molar-refractivity contribution >= 4 is 28.8 Å². The van der Waals surface area contributed by atoms with Gasteiger partial charge < -0.3 is 15.5 Å². The Morgan fingerprint density at radius 2 is 1.89 bits per heavy atom. The van der Waals surface area contributed by atoms with Gasteiger partial charge in [0, 0.05) is 42.3 Å². The molecule has 198 valence electrons. The van der Waals surface area contributed by atoms with Crippen LogP contribution < -0.4 is 5.32 Å². The largest absolute Gasteiger partial charge is 0.508 e. The number of carboxylic acid groups (broad SMARTS) is 1. The van der Waals surface area contributed by atoms with E-state index in [0.29, 0.717) is 18.8 Å². The minimum atomic E-state index is -1.06. The zero-order valence-corrected chi connectivity index (χ0v) is 23.3. The first kappa shape index (κ1) is 26.3. The highest BCUT2D eigenvalue weighted by molar-refractivity contribution is 7.99. The van der Waals surface area contributed by atoms with Crippen LogP contribution in [0.15, 0.2) is 47.4 Å². The van der Waals surface area contributed by atoms with Gasteiger partial charge in [0.25, 0.3) is 0 Å². The summed E-state index contributed by atoms with van der Waals surface area (Å²) in [5, 5.41) is 32.7. The third kappa shape index (κ3) is 4.67. The van der Waals surface area contributed by atoms with Crippen LogP contribution in [0.3, 0.4) is 0 Å². The molecule has 7 nitrogen and oxygen atoms in total. The van der Waals surface area contributed by atoms with E-state index in [1.54, 1.807) is 30.3 Å². The van der Waals surface area contributed by atoms with E-state index >= 15 is 0 Å². The van der Waals surface area contributed by atoms with Gasteiger partial charge in [0.15, 0.2) is 0 Å². The molecule has 5 rings (SSSR count). The first-order chi connectivity index (χ1) is 18.1. The van der Waals surface area contributed by atoms with Crippen LogP contribution in [0.25, 0.3) is 11.0 Å². The van der Waals surface area contributed by atoms with Crippen molar-refractivity contribution in [1.82, 2.24) is 20.3 Å². The van der Waals surface area contributed by atoms with Crippen LogP contribution in [-0.4, -0.2) is 36.9 Å².